The summed E-state index contributed by atoms with van der Waals surface area (Å²) in [6.45, 7) is 3.23. The molecular formula is C9H14F2N2O. The maximum atomic E-state index is 12.6. The molecule has 0 radical (unpaired) electrons. The monoisotopic (exact) mass is 204 g/mol. The topological polar surface area (TPSA) is 38.0 Å². The van der Waals surface area contributed by atoms with Crippen molar-refractivity contribution in [2.45, 2.75) is 25.7 Å². The van der Waals surface area contributed by atoms with Crippen molar-refractivity contribution in [3.63, 3.8) is 0 Å². The number of halogens is 2. The van der Waals surface area contributed by atoms with Crippen molar-refractivity contribution in [2.75, 3.05) is 6.61 Å². The highest BCUT2D eigenvalue weighted by Crippen LogP contribution is 2.30. The molecule has 0 aliphatic rings. The zero-order valence-corrected chi connectivity index (χ0v) is 8.46. The minimum absolute atomic E-state index is 0.182. The molecule has 1 aromatic heterocycles. The third-order valence-electron chi connectivity index (χ3n) is 2.19. The minimum atomic E-state index is -2.60. The molecule has 1 rings (SSSR count). The number of aromatic nitrogens is 2. The van der Waals surface area contributed by atoms with E-state index in [-0.39, 0.29) is 12.3 Å². The molecule has 0 aliphatic heterocycles. The Morgan fingerprint density at radius 1 is 1.57 bits per heavy atom. The number of aliphatic hydroxyl groups is 1. The summed E-state index contributed by atoms with van der Waals surface area (Å²) in [5.41, 5.74) is -0.524. The summed E-state index contributed by atoms with van der Waals surface area (Å²) >= 11 is 0. The molecule has 0 amide bonds. The van der Waals surface area contributed by atoms with E-state index in [0.29, 0.717) is 5.56 Å². The molecule has 3 nitrogen and oxygen atoms in total. The Kier molecular flexibility index (Phi) is 2.89. The van der Waals surface area contributed by atoms with Crippen LogP contribution in [0.4, 0.5) is 8.78 Å². The number of aliphatic hydroxyl groups excluding tert-OH is 1. The van der Waals surface area contributed by atoms with Crippen molar-refractivity contribution in [3.8, 4) is 0 Å². The van der Waals surface area contributed by atoms with Crippen molar-refractivity contribution < 1.29 is 13.9 Å². The Morgan fingerprint density at radius 2 is 2.14 bits per heavy atom. The molecule has 0 fully saturated rings. The highest BCUT2D eigenvalue weighted by molar-refractivity contribution is 5.27. The molecule has 1 N–H and O–H groups in total. The van der Waals surface area contributed by atoms with Crippen LogP contribution >= 0.6 is 0 Å². The third kappa shape index (κ3) is 1.92. The molecule has 1 aromatic rings. The van der Waals surface area contributed by atoms with Gasteiger partial charge in [-0.15, -0.1) is 0 Å². The zero-order valence-electron chi connectivity index (χ0n) is 8.46. The first kappa shape index (κ1) is 11.1. The molecule has 0 spiro atoms. The fourth-order valence-corrected chi connectivity index (χ4v) is 1.27. The second kappa shape index (κ2) is 3.65. The van der Waals surface area contributed by atoms with Gasteiger partial charge in [0.1, 0.15) is 5.69 Å². The highest BCUT2D eigenvalue weighted by atomic mass is 19.3. The van der Waals surface area contributed by atoms with Gasteiger partial charge in [0.15, 0.2) is 0 Å². The lowest BCUT2D eigenvalue weighted by Crippen LogP contribution is -2.23. The molecule has 5 heteroatoms. The molecule has 0 unspecified atom stereocenters. The summed E-state index contributed by atoms with van der Waals surface area (Å²) in [5, 5.41) is 12.8. The zero-order chi connectivity index (χ0) is 10.9. The van der Waals surface area contributed by atoms with E-state index >= 15 is 0 Å². The van der Waals surface area contributed by atoms with Gasteiger partial charge < -0.3 is 5.11 Å². The number of rotatable bonds is 3. The minimum Gasteiger partial charge on any atom is -0.395 e. The number of alkyl halides is 2. The summed E-state index contributed by atoms with van der Waals surface area (Å²) in [6, 6.07) is 0. The van der Waals surface area contributed by atoms with Gasteiger partial charge in [0.2, 0.25) is 0 Å². The van der Waals surface area contributed by atoms with Crippen LogP contribution in [0.25, 0.3) is 0 Å². The van der Waals surface area contributed by atoms with E-state index in [1.165, 1.54) is 10.9 Å². The molecule has 0 aromatic carbocycles. The fourth-order valence-electron chi connectivity index (χ4n) is 1.27. The first-order chi connectivity index (χ1) is 6.38. The van der Waals surface area contributed by atoms with Gasteiger partial charge in [-0.2, -0.15) is 5.10 Å². The summed E-state index contributed by atoms with van der Waals surface area (Å²) in [7, 11) is 1.59. The number of aryl methyl sites for hydroxylation is 1. The SMILES string of the molecule is Cn1cc(C(C)(C)CO)c(C(F)F)n1. The number of hydrogen-bond donors (Lipinski definition) is 1. The lowest BCUT2D eigenvalue weighted by Gasteiger charge is -2.21. The fraction of sp³-hybridized carbons (Fsp3) is 0.667. The van der Waals surface area contributed by atoms with Gasteiger partial charge in [-0.25, -0.2) is 8.78 Å². The Balaban J connectivity index is 3.19. The first-order valence-corrected chi connectivity index (χ1v) is 4.31. The van der Waals surface area contributed by atoms with E-state index in [0.717, 1.165) is 0 Å². The van der Waals surface area contributed by atoms with Crippen molar-refractivity contribution >= 4 is 0 Å². The van der Waals surface area contributed by atoms with Crippen molar-refractivity contribution in [1.29, 1.82) is 0 Å². The molecule has 14 heavy (non-hydrogen) atoms. The van der Waals surface area contributed by atoms with Crippen LogP contribution in [-0.2, 0) is 12.5 Å². The average molecular weight is 204 g/mol. The summed E-state index contributed by atoms with van der Waals surface area (Å²) < 4.78 is 26.4. The van der Waals surface area contributed by atoms with Gasteiger partial charge in [0.25, 0.3) is 6.43 Å². The average Bonchev–Trinajstić information content (AvgIpc) is 2.48. The lowest BCUT2D eigenvalue weighted by atomic mass is 9.86. The second-order valence-corrected chi connectivity index (χ2v) is 3.94. The molecule has 1 heterocycles. The van der Waals surface area contributed by atoms with E-state index in [1.54, 1.807) is 20.9 Å². The van der Waals surface area contributed by atoms with Crippen LogP contribution in [-0.4, -0.2) is 21.5 Å². The van der Waals surface area contributed by atoms with E-state index < -0.39 is 11.8 Å². The lowest BCUT2D eigenvalue weighted by molar-refractivity contribution is 0.139. The summed E-state index contributed by atoms with van der Waals surface area (Å²) in [4.78, 5) is 0. The molecule has 0 saturated carbocycles. The Morgan fingerprint density at radius 3 is 2.57 bits per heavy atom. The van der Waals surface area contributed by atoms with Gasteiger partial charge in [-0.3, -0.25) is 4.68 Å². The number of nitrogens with zero attached hydrogens (tertiary/aromatic N) is 2. The molecule has 0 bridgehead atoms. The maximum Gasteiger partial charge on any atom is 0.282 e. The second-order valence-electron chi connectivity index (χ2n) is 3.94. The van der Waals surface area contributed by atoms with Crippen molar-refractivity contribution in [1.82, 2.24) is 9.78 Å². The van der Waals surface area contributed by atoms with Gasteiger partial charge in [0.05, 0.1) is 6.61 Å². The van der Waals surface area contributed by atoms with Gasteiger partial charge >= 0.3 is 0 Å². The van der Waals surface area contributed by atoms with Crippen LogP contribution in [0.5, 0.6) is 0 Å². The third-order valence-corrected chi connectivity index (χ3v) is 2.19. The van der Waals surface area contributed by atoms with Crippen LogP contribution in [0.2, 0.25) is 0 Å². The number of hydrogen-bond acceptors (Lipinski definition) is 2. The molecular weight excluding hydrogens is 190 g/mol. The maximum absolute atomic E-state index is 12.6. The van der Waals surface area contributed by atoms with Crippen LogP contribution in [0.3, 0.4) is 0 Å². The van der Waals surface area contributed by atoms with E-state index in [2.05, 4.69) is 5.10 Å². The molecule has 80 valence electrons. The van der Waals surface area contributed by atoms with Gasteiger partial charge in [-0.1, -0.05) is 13.8 Å². The van der Waals surface area contributed by atoms with Crippen LogP contribution in [0.1, 0.15) is 31.5 Å². The van der Waals surface area contributed by atoms with Gasteiger partial charge in [-0.05, 0) is 0 Å². The smallest absolute Gasteiger partial charge is 0.282 e. The van der Waals surface area contributed by atoms with Crippen LogP contribution in [0.15, 0.2) is 6.20 Å². The largest absolute Gasteiger partial charge is 0.395 e. The highest BCUT2D eigenvalue weighted by Gasteiger charge is 2.29. The van der Waals surface area contributed by atoms with E-state index in [9.17, 15) is 8.78 Å². The van der Waals surface area contributed by atoms with Crippen LogP contribution < -0.4 is 0 Å². The molecule has 0 atom stereocenters. The van der Waals surface area contributed by atoms with E-state index in [4.69, 9.17) is 5.11 Å². The van der Waals surface area contributed by atoms with Gasteiger partial charge in [0, 0.05) is 24.2 Å². The van der Waals surface area contributed by atoms with Crippen LogP contribution in [0, 0.1) is 0 Å². The predicted molar refractivity (Wildman–Crippen MR) is 48.3 cm³/mol. The predicted octanol–water partition coefficient (Wildman–Crippen LogP) is 1.63. The summed E-state index contributed by atoms with van der Waals surface area (Å²) in [5.74, 6) is 0. The Labute approximate surface area is 81.4 Å². The molecule has 0 saturated heterocycles. The van der Waals surface area contributed by atoms with Crippen molar-refractivity contribution in [3.05, 3.63) is 17.5 Å². The standard InChI is InChI=1S/C9H14F2N2O/c1-9(2,5-14)6-4-13(3)12-7(6)8(10)11/h4,8,14H,5H2,1-3H3. The first-order valence-electron chi connectivity index (χ1n) is 4.31. The van der Waals surface area contributed by atoms with E-state index in [1.807, 2.05) is 0 Å². The summed E-state index contributed by atoms with van der Waals surface area (Å²) in [6.07, 6.45) is -1.07. The Bertz CT molecular complexity index is 321. The Hall–Kier alpha value is -0.970. The molecule has 0 aliphatic carbocycles. The van der Waals surface area contributed by atoms with Crippen molar-refractivity contribution in [2.24, 2.45) is 7.05 Å². The quantitative estimate of drug-likeness (QED) is 0.812. The normalized spacial score (nSPS) is 12.5.